The van der Waals surface area contributed by atoms with Gasteiger partial charge in [-0.2, -0.15) is 0 Å². The summed E-state index contributed by atoms with van der Waals surface area (Å²) in [6.07, 6.45) is 6.62. The Morgan fingerprint density at radius 2 is 1.68 bits per heavy atom. The van der Waals surface area contributed by atoms with Crippen molar-refractivity contribution in [3.8, 4) is 28.6 Å². The smallest absolute Gasteiger partial charge is 0.250 e. The second-order valence-electron chi connectivity index (χ2n) is 4.54. The summed E-state index contributed by atoms with van der Waals surface area (Å²) in [4.78, 5) is 4.05. The zero-order valence-electron chi connectivity index (χ0n) is 11.4. The Balaban J connectivity index is 1.80. The lowest BCUT2D eigenvalue weighted by molar-refractivity contribution is 0.584. The van der Waals surface area contributed by atoms with Gasteiger partial charge in [0.15, 0.2) is 0 Å². The van der Waals surface area contributed by atoms with E-state index in [1.807, 2.05) is 36.4 Å². The van der Waals surface area contributed by atoms with Crippen LogP contribution in [0.1, 0.15) is 0 Å². The molecule has 0 atom stereocenters. The van der Waals surface area contributed by atoms with Crippen molar-refractivity contribution in [1.29, 1.82) is 0 Å². The zero-order valence-corrected chi connectivity index (χ0v) is 11.4. The van der Waals surface area contributed by atoms with E-state index < -0.39 is 0 Å². The molecule has 1 aromatic carbocycles. The predicted molar refractivity (Wildman–Crippen MR) is 77.9 cm³/mol. The fraction of sp³-hybridized carbons (Fsp3) is 0. The first-order valence-corrected chi connectivity index (χ1v) is 6.60. The molecule has 4 rings (SSSR count). The Labute approximate surface area is 125 Å². The van der Waals surface area contributed by atoms with Crippen molar-refractivity contribution in [2.24, 2.45) is 0 Å². The first kappa shape index (κ1) is 12.4. The average molecular weight is 290 g/mol. The van der Waals surface area contributed by atoms with Crippen LogP contribution in [0.15, 0.2) is 65.9 Å². The van der Waals surface area contributed by atoms with E-state index in [-0.39, 0.29) is 0 Å². The Morgan fingerprint density at radius 3 is 2.50 bits per heavy atom. The molecule has 0 aliphatic carbocycles. The fourth-order valence-corrected chi connectivity index (χ4v) is 2.14. The summed E-state index contributed by atoms with van der Waals surface area (Å²) >= 11 is 0. The molecule has 0 radical (unpaired) electrons. The Morgan fingerprint density at radius 1 is 0.864 bits per heavy atom. The standard InChI is InChI=1S/C15H10N6O/c1-2-6-13(21-9-17-18-10-21)12(5-1)15-20-19-14(22-15)11-4-3-7-16-8-11/h1-10H. The SMILES string of the molecule is c1cncc(-c2nnc(-c3ccccc3-n3cnnc3)o2)c1. The molecule has 0 saturated carbocycles. The van der Waals surface area contributed by atoms with Crippen molar-refractivity contribution in [3.05, 3.63) is 61.4 Å². The van der Waals surface area contributed by atoms with E-state index in [4.69, 9.17) is 4.42 Å². The monoisotopic (exact) mass is 290 g/mol. The molecule has 0 fully saturated rings. The van der Waals surface area contributed by atoms with Crippen LogP contribution in [0.3, 0.4) is 0 Å². The number of benzene rings is 1. The van der Waals surface area contributed by atoms with E-state index in [1.165, 1.54) is 0 Å². The summed E-state index contributed by atoms with van der Waals surface area (Å²) < 4.78 is 7.57. The molecule has 7 heteroatoms. The van der Waals surface area contributed by atoms with Gasteiger partial charge in [-0.3, -0.25) is 9.55 Å². The van der Waals surface area contributed by atoms with Gasteiger partial charge in [-0.05, 0) is 24.3 Å². The first-order valence-electron chi connectivity index (χ1n) is 6.60. The summed E-state index contributed by atoms with van der Waals surface area (Å²) in [5.41, 5.74) is 2.46. The van der Waals surface area contributed by atoms with Crippen LogP contribution in [0.2, 0.25) is 0 Å². The Kier molecular flexibility index (Phi) is 2.93. The first-order chi connectivity index (χ1) is 10.9. The molecule has 0 unspecified atom stereocenters. The van der Waals surface area contributed by atoms with Crippen LogP contribution in [-0.2, 0) is 0 Å². The zero-order chi connectivity index (χ0) is 14.8. The molecule has 0 aliphatic rings. The van der Waals surface area contributed by atoms with Gasteiger partial charge >= 0.3 is 0 Å². The Hall–Kier alpha value is -3.35. The van der Waals surface area contributed by atoms with Gasteiger partial charge in [-0.15, -0.1) is 20.4 Å². The van der Waals surface area contributed by atoms with E-state index in [2.05, 4.69) is 25.4 Å². The van der Waals surface area contributed by atoms with Crippen LogP contribution in [-0.4, -0.2) is 29.9 Å². The van der Waals surface area contributed by atoms with Crippen molar-refractivity contribution < 1.29 is 4.42 Å². The number of nitrogens with zero attached hydrogens (tertiary/aromatic N) is 6. The number of hydrogen-bond acceptors (Lipinski definition) is 6. The largest absolute Gasteiger partial charge is 0.416 e. The van der Waals surface area contributed by atoms with Gasteiger partial charge in [0.05, 0.1) is 16.8 Å². The number of hydrogen-bond donors (Lipinski definition) is 0. The molecule has 0 saturated heterocycles. The van der Waals surface area contributed by atoms with Crippen LogP contribution < -0.4 is 0 Å². The van der Waals surface area contributed by atoms with Crippen LogP contribution in [0, 0.1) is 0 Å². The molecule has 0 amide bonds. The fourth-order valence-electron chi connectivity index (χ4n) is 2.14. The summed E-state index contributed by atoms with van der Waals surface area (Å²) in [6.45, 7) is 0. The second kappa shape index (κ2) is 5.21. The molecule has 0 spiro atoms. The molecule has 0 aliphatic heterocycles. The van der Waals surface area contributed by atoms with E-state index >= 15 is 0 Å². The van der Waals surface area contributed by atoms with Gasteiger partial charge in [0.2, 0.25) is 11.8 Å². The van der Waals surface area contributed by atoms with Crippen LogP contribution >= 0.6 is 0 Å². The minimum absolute atomic E-state index is 0.432. The van der Waals surface area contributed by atoms with Crippen molar-refractivity contribution in [2.45, 2.75) is 0 Å². The molecule has 106 valence electrons. The van der Waals surface area contributed by atoms with E-state index in [0.717, 1.165) is 16.8 Å². The molecule has 0 N–H and O–H groups in total. The van der Waals surface area contributed by atoms with Crippen LogP contribution in [0.5, 0.6) is 0 Å². The van der Waals surface area contributed by atoms with Gasteiger partial charge in [0, 0.05) is 12.4 Å². The molecule has 4 aromatic rings. The minimum Gasteiger partial charge on any atom is -0.416 e. The third-order valence-corrected chi connectivity index (χ3v) is 3.16. The highest BCUT2D eigenvalue weighted by molar-refractivity contribution is 5.67. The molecule has 22 heavy (non-hydrogen) atoms. The minimum atomic E-state index is 0.432. The third kappa shape index (κ3) is 2.14. The maximum atomic E-state index is 5.78. The lowest BCUT2D eigenvalue weighted by Crippen LogP contribution is -1.93. The van der Waals surface area contributed by atoms with Crippen molar-refractivity contribution in [1.82, 2.24) is 29.9 Å². The van der Waals surface area contributed by atoms with Crippen molar-refractivity contribution in [2.75, 3.05) is 0 Å². The number of para-hydroxylation sites is 1. The molecule has 3 aromatic heterocycles. The van der Waals surface area contributed by atoms with Gasteiger partial charge in [0.1, 0.15) is 12.7 Å². The average Bonchev–Trinajstić information content (AvgIpc) is 3.28. The van der Waals surface area contributed by atoms with Gasteiger partial charge in [-0.1, -0.05) is 12.1 Å². The highest BCUT2D eigenvalue weighted by Crippen LogP contribution is 2.27. The van der Waals surface area contributed by atoms with Crippen molar-refractivity contribution in [3.63, 3.8) is 0 Å². The highest BCUT2D eigenvalue weighted by Gasteiger charge is 2.14. The summed E-state index contributed by atoms with van der Waals surface area (Å²) in [5, 5.41) is 15.9. The molecular formula is C15H10N6O. The topological polar surface area (TPSA) is 82.5 Å². The quantitative estimate of drug-likeness (QED) is 0.576. The molecule has 7 nitrogen and oxygen atoms in total. The third-order valence-electron chi connectivity index (χ3n) is 3.16. The lowest BCUT2D eigenvalue weighted by Gasteiger charge is -2.05. The van der Waals surface area contributed by atoms with E-state index in [9.17, 15) is 0 Å². The summed E-state index contributed by atoms with van der Waals surface area (Å²) in [6, 6.07) is 11.4. The van der Waals surface area contributed by atoms with Gasteiger partial charge in [0.25, 0.3) is 0 Å². The van der Waals surface area contributed by atoms with E-state index in [0.29, 0.717) is 11.8 Å². The molecule has 0 bridgehead atoms. The number of aromatic nitrogens is 6. The van der Waals surface area contributed by atoms with E-state index in [1.54, 1.807) is 29.6 Å². The van der Waals surface area contributed by atoms with Gasteiger partial charge in [-0.25, -0.2) is 0 Å². The van der Waals surface area contributed by atoms with Crippen molar-refractivity contribution >= 4 is 0 Å². The number of rotatable bonds is 3. The second-order valence-corrected chi connectivity index (χ2v) is 4.54. The van der Waals surface area contributed by atoms with Gasteiger partial charge < -0.3 is 4.42 Å². The van der Waals surface area contributed by atoms with Crippen LogP contribution in [0.25, 0.3) is 28.6 Å². The predicted octanol–water partition coefficient (Wildman–Crippen LogP) is 2.38. The molecular weight excluding hydrogens is 280 g/mol. The summed E-state index contributed by atoms with van der Waals surface area (Å²) in [5.74, 6) is 0.866. The number of pyridine rings is 1. The maximum Gasteiger partial charge on any atom is 0.250 e. The maximum absolute atomic E-state index is 5.78. The summed E-state index contributed by atoms with van der Waals surface area (Å²) in [7, 11) is 0. The Bertz CT molecular complexity index is 885. The highest BCUT2D eigenvalue weighted by atomic mass is 16.4. The van der Waals surface area contributed by atoms with Crippen LogP contribution in [0.4, 0.5) is 0 Å². The normalized spacial score (nSPS) is 10.7. The molecule has 3 heterocycles. The lowest BCUT2D eigenvalue weighted by atomic mass is 10.2.